The Kier molecular flexibility index (Phi) is 6.20. The van der Waals surface area contributed by atoms with E-state index in [9.17, 15) is 14.4 Å². The van der Waals surface area contributed by atoms with Crippen LogP contribution in [-0.2, 0) is 19.1 Å². The van der Waals surface area contributed by atoms with E-state index in [1.54, 1.807) is 41.5 Å². The highest BCUT2D eigenvalue weighted by Crippen LogP contribution is 2.33. The Labute approximate surface area is 144 Å². The number of aldehydes is 1. The van der Waals surface area contributed by atoms with Gasteiger partial charge in [0.25, 0.3) is 0 Å². The van der Waals surface area contributed by atoms with Crippen LogP contribution >= 0.6 is 0 Å². The minimum Gasteiger partial charge on any atom is -0.458 e. The second kappa shape index (κ2) is 7.36. The smallest absolute Gasteiger partial charge is 0.411 e. The van der Waals surface area contributed by atoms with E-state index in [1.165, 1.54) is 4.90 Å². The molecule has 0 aromatic heterocycles. The molecule has 6 heteroatoms. The van der Waals surface area contributed by atoms with Gasteiger partial charge in [-0.25, -0.2) is 9.59 Å². The van der Waals surface area contributed by atoms with Gasteiger partial charge < -0.3 is 14.3 Å². The highest BCUT2D eigenvalue weighted by atomic mass is 16.6. The lowest BCUT2D eigenvalue weighted by molar-refractivity contribution is -0.160. The van der Waals surface area contributed by atoms with Gasteiger partial charge in [-0.1, -0.05) is 12.2 Å². The van der Waals surface area contributed by atoms with Gasteiger partial charge >= 0.3 is 12.1 Å². The van der Waals surface area contributed by atoms with Gasteiger partial charge in [-0.15, -0.1) is 0 Å². The molecule has 1 rings (SSSR count). The summed E-state index contributed by atoms with van der Waals surface area (Å²) in [7, 11) is 0. The number of amides is 1. The Balaban J connectivity index is 3.14. The van der Waals surface area contributed by atoms with Gasteiger partial charge in [0, 0.05) is 5.92 Å². The summed E-state index contributed by atoms with van der Waals surface area (Å²) in [5.41, 5.74) is -1.40. The number of esters is 1. The van der Waals surface area contributed by atoms with E-state index in [0.717, 1.165) is 0 Å². The van der Waals surface area contributed by atoms with E-state index < -0.39 is 35.3 Å². The number of hydrogen-bond donors (Lipinski definition) is 0. The summed E-state index contributed by atoms with van der Waals surface area (Å²) in [5, 5.41) is 0. The topological polar surface area (TPSA) is 72.9 Å². The Bertz CT molecular complexity index is 512. The molecule has 1 amide bonds. The highest BCUT2D eigenvalue weighted by molar-refractivity contribution is 5.85. The first-order chi connectivity index (χ1) is 10.9. The number of hydrogen-bond acceptors (Lipinski definition) is 5. The number of allylic oxidation sites excluding steroid dienone is 1. The van der Waals surface area contributed by atoms with E-state index in [4.69, 9.17) is 9.47 Å². The molecule has 0 N–H and O–H groups in total. The van der Waals surface area contributed by atoms with Crippen LogP contribution in [0.5, 0.6) is 0 Å². The molecule has 0 unspecified atom stereocenters. The van der Waals surface area contributed by atoms with Crippen LogP contribution < -0.4 is 0 Å². The van der Waals surface area contributed by atoms with Gasteiger partial charge in [0.15, 0.2) is 0 Å². The predicted octanol–water partition coefficient (Wildman–Crippen LogP) is 3.10. The molecule has 0 radical (unpaired) electrons. The molecule has 0 spiro atoms. The lowest BCUT2D eigenvalue weighted by Crippen LogP contribution is -2.49. The third kappa shape index (κ3) is 5.35. The monoisotopic (exact) mass is 339 g/mol. The number of carbonyl (C=O) groups excluding carboxylic acids is 3. The van der Waals surface area contributed by atoms with Crippen molar-refractivity contribution in [2.75, 3.05) is 0 Å². The van der Waals surface area contributed by atoms with Crippen LogP contribution in [0.15, 0.2) is 12.2 Å². The molecule has 1 aliphatic rings. The number of rotatable bonds is 3. The lowest BCUT2D eigenvalue weighted by Gasteiger charge is -2.31. The molecular formula is C18H29NO5. The van der Waals surface area contributed by atoms with Gasteiger partial charge in [-0.05, 0) is 54.9 Å². The zero-order chi connectivity index (χ0) is 18.7. The van der Waals surface area contributed by atoms with Crippen molar-refractivity contribution in [2.45, 2.75) is 78.2 Å². The zero-order valence-corrected chi connectivity index (χ0v) is 15.7. The van der Waals surface area contributed by atoms with Crippen LogP contribution in [0.3, 0.4) is 0 Å². The van der Waals surface area contributed by atoms with Crippen molar-refractivity contribution in [3.05, 3.63) is 12.2 Å². The molecule has 0 aliphatic carbocycles. The first kappa shape index (κ1) is 20.2. The first-order valence-electron chi connectivity index (χ1n) is 8.22. The number of nitrogens with zero attached hydrogens (tertiary/aromatic N) is 1. The molecule has 1 fully saturated rings. The molecule has 3 atom stereocenters. The summed E-state index contributed by atoms with van der Waals surface area (Å²) in [4.78, 5) is 37.9. The van der Waals surface area contributed by atoms with E-state index in [0.29, 0.717) is 12.7 Å². The van der Waals surface area contributed by atoms with Crippen LogP contribution in [0.4, 0.5) is 4.79 Å². The van der Waals surface area contributed by atoms with Crippen molar-refractivity contribution < 1.29 is 23.9 Å². The Morgan fingerprint density at radius 3 is 2.00 bits per heavy atom. The van der Waals surface area contributed by atoms with Crippen molar-refractivity contribution in [3.63, 3.8) is 0 Å². The summed E-state index contributed by atoms with van der Waals surface area (Å²) < 4.78 is 10.8. The number of ether oxygens (including phenoxy) is 2. The second-order valence-corrected chi connectivity index (χ2v) is 7.99. The predicted molar refractivity (Wildman–Crippen MR) is 90.5 cm³/mol. The van der Waals surface area contributed by atoms with Gasteiger partial charge in [0.1, 0.15) is 23.5 Å². The van der Waals surface area contributed by atoms with Gasteiger partial charge in [0.2, 0.25) is 0 Å². The third-order valence-corrected chi connectivity index (χ3v) is 3.45. The van der Waals surface area contributed by atoms with Crippen molar-refractivity contribution in [1.29, 1.82) is 0 Å². The molecular weight excluding hydrogens is 310 g/mol. The molecule has 6 nitrogen and oxygen atoms in total. The summed E-state index contributed by atoms with van der Waals surface area (Å²) in [6.45, 7) is 12.3. The maximum atomic E-state index is 12.6. The molecule has 24 heavy (non-hydrogen) atoms. The lowest BCUT2D eigenvalue weighted by atomic mass is 9.99. The Hall–Kier alpha value is -1.85. The van der Waals surface area contributed by atoms with E-state index in [-0.39, 0.29) is 5.92 Å². The van der Waals surface area contributed by atoms with Crippen molar-refractivity contribution in [1.82, 2.24) is 4.90 Å². The summed E-state index contributed by atoms with van der Waals surface area (Å²) >= 11 is 0. The minimum atomic E-state index is -0.838. The average Bonchev–Trinajstić information content (AvgIpc) is 2.73. The fourth-order valence-corrected chi connectivity index (χ4v) is 2.67. The van der Waals surface area contributed by atoms with Gasteiger partial charge in [0.05, 0.1) is 6.04 Å². The highest BCUT2D eigenvalue weighted by Gasteiger charge is 2.48. The molecule has 0 bridgehead atoms. The van der Waals surface area contributed by atoms with Crippen LogP contribution in [0.1, 0.15) is 54.9 Å². The summed E-state index contributed by atoms with van der Waals surface area (Å²) in [6, 6.07) is -1.58. The molecule has 0 saturated carbocycles. The molecule has 0 aromatic carbocycles. The van der Waals surface area contributed by atoms with Crippen LogP contribution in [0, 0.1) is 5.92 Å². The summed E-state index contributed by atoms with van der Waals surface area (Å²) in [5.74, 6) is -0.759. The summed E-state index contributed by atoms with van der Waals surface area (Å²) in [6.07, 6.45) is 4.00. The SMILES string of the molecule is C/C=C\[C@@H]1C[C@H](C(=O)OC(C)(C)C)N(C(=O)OC(C)(C)C)[C@H]1C=O. The third-order valence-electron chi connectivity index (χ3n) is 3.45. The number of likely N-dealkylation sites (tertiary alicyclic amines) is 1. The maximum Gasteiger partial charge on any atom is 0.411 e. The van der Waals surface area contributed by atoms with E-state index >= 15 is 0 Å². The normalized spacial score (nSPS) is 25.0. The standard InChI is InChI=1S/C18H29NO5/c1-8-9-12-10-13(15(21)23-17(2,3)4)19(14(12)11-20)16(22)24-18(5,6)7/h8-9,11-14H,10H2,1-7H3/b9-8-/t12-,13-,14+/m1/s1. The molecule has 0 aromatic rings. The van der Waals surface area contributed by atoms with Crippen molar-refractivity contribution >= 4 is 18.3 Å². The van der Waals surface area contributed by atoms with E-state index in [2.05, 4.69) is 0 Å². The van der Waals surface area contributed by atoms with Crippen LogP contribution in [0.2, 0.25) is 0 Å². The van der Waals surface area contributed by atoms with E-state index in [1.807, 2.05) is 19.1 Å². The second-order valence-electron chi connectivity index (χ2n) is 7.99. The Morgan fingerprint density at radius 1 is 1.04 bits per heavy atom. The van der Waals surface area contributed by atoms with Gasteiger partial charge in [-0.3, -0.25) is 4.90 Å². The molecule has 136 valence electrons. The quantitative estimate of drug-likeness (QED) is 0.449. The van der Waals surface area contributed by atoms with Crippen molar-refractivity contribution in [3.8, 4) is 0 Å². The van der Waals surface area contributed by atoms with Crippen LogP contribution in [-0.4, -0.2) is 46.5 Å². The fourth-order valence-electron chi connectivity index (χ4n) is 2.67. The van der Waals surface area contributed by atoms with Crippen molar-refractivity contribution in [2.24, 2.45) is 5.92 Å². The fraction of sp³-hybridized carbons (Fsp3) is 0.722. The zero-order valence-electron chi connectivity index (χ0n) is 15.7. The average molecular weight is 339 g/mol. The van der Waals surface area contributed by atoms with Gasteiger partial charge in [-0.2, -0.15) is 0 Å². The minimum absolute atomic E-state index is 0.238. The molecule has 1 saturated heterocycles. The van der Waals surface area contributed by atoms with Crippen LogP contribution in [0.25, 0.3) is 0 Å². The first-order valence-corrected chi connectivity index (χ1v) is 8.22. The molecule has 1 aliphatic heterocycles. The largest absolute Gasteiger partial charge is 0.458 e. The number of carbonyl (C=O) groups is 3. The maximum absolute atomic E-state index is 12.6. The molecule has 1 heterocycles. The Morgan fingerprint density at radius 2 is 1.58 bits per heavy atom.